The molecule has 0 bridgehead atoms. The smallest absolute Gasteiger partial charge is 0.263 e. The molecule has 0 atom stereocenters. The molecule has 1 saturated heterocycles. The molecule has 4 aromatic rings. The molecule has 0 amide bonds. The van der Waals surface area contributed by atoms with Crippen LogP contribution in [0.15, 0.2) is 65.6 Å². The summed E-state index contributed by atoms with van der Waals surface area (Å²) in [6.45, 7) is 1.72. The van der Waals surface area contributed by atoms with Crippen molar-refractivity contribution in [3.05, 3.63) is 81.7 Å². The van der Waals surface area contributed by atoms with Crippen LogP contribution < -0.4 is 10.5 Å². The van der Waals surface area contributed by atoms with Crippen LogP contribution >= 0.6 is 11.6 Å². The number of aromatic nitrogens is 4. The number of nitrogens with one attached hydrogen (secondary N) is 1. The van der Waals surface area contributed by atoms with Crippen LogP contribution in [0.4, 0.5) is 5.95 Å². The number of nitrogens with zero attached hydrogens (tertiary/aromatic N) is 4. The van der Waals surface area contributed by atoms with E-state index in [1.807, 2.05) is 42.5 Å². The van der Waals surface area contributed by atoms with Crippen LogP contribution in [-0.4, -0.2) is 32.8 Å². The first kappa shape index (κ1) is 17.0. The van der Waals surface area contributed by atoms with E-state index < -0.39 is 0 Å². The first-order chi connectivity index (χ1) is 13.7. The number of para-hydroxylation sites is 1. The van der Waals surface area contributed by atoms with Crippen molar-refractivity contribution in [3.63, 3.8) is 0 Å². The molecule has 5 rings (SSSR count). The Kier molecular flexibility index (Phi) is 4.13. The van der Waals surface area contributed by atoms with E-state index >= 15 is 0 Å². The minimum atomic E-state index is -0.164. The number of hydrogen-bond acceptors (Lipinski definition) is 4. The third kappa shape index (κ3) is 3.05. The Labute approximate surface area is 166 Å². The fourth-order valence-corrected chi connectivity index (χ4v) is 3.77. The van der Waals surface area contributed by atoms with Crippen LogP contribution in [0.5, 0.6) is 0 Å². The van der Waals surface area contributed by atoms with E-state index in [9.17, 15) is 4.79 Å². The van der Waals surface area contributed by atoms with Gasteiger partial charge in [-0.05, 0) is 42.2 Å². The lowest BCUT2D eigenvalue weighted by Gasteiger charge is -2.39. The summed E-state index contributed by atoms with van der Waals surface area (Å²) in [6, 6.07) is 17.7. The van der Waals surface area contributed by atoms with E-state index in [1.165, 1.54) is 5.56 Å². The quantitative estimate of drug-likeness (QED) is 0.578. The monoisotopic (exact) mass is 391 g/mol. The van der Waals surface area contributed by atoms with Crippen LogP contribution in [0.2, 0.25) is 5.02 Å². The average molecular weight is 392 g/mol. The summed E-state index contributed by atoms with van der Waals surface area (Å²) < 4.78 is 1.71. The minimum Gasteiger partial charge on any atom is -0.342 e. The van der Waals surface area contributed by atoms with Gasteiger partial charge in [-0.25, -0.2) is 4.68 Å². The molecule has 2 aromatic carbocycles. The summed E-state index contributed by atoms with van der Waals surface area (Å²) in [5.74, 6) is 1.13. The molecular formula is C21H18ClN5O. The maximum atomic E-state index is 12.5. The molecule has 140 valence electrons. The van der Waals surface area contributed by atoms with Gasteiger partial charge in [-0.3, -0.25) is 9.78 Å². The Balaban J connectivity index is 1.38. The predicted molar refractivity (Wildman–Crippen MR) is 110 cm³/mol. The molecule has 1 aliphatic rings. The molecule has 1 N–H and O–H groups in total. The predicted octanol–water partition coefficient (Wildman–Crippen LogP) is 3.44. The van der Waals surface area contributed by atoms with Gasteiger partial charge in [0, 0.05) is 18.1 Å². The normalized spacial score (nSPS) is 14.4. The molecule has 28 heavy (non-hydrogen) atoms. The van der Waals surface area contributed by atoms with E-state index in [4.69, 9.17) is 16.6 Å². The van der Waals surface area contributed by atoms with Crippen molar-refractivity contribution in [2.45, 2.75) is 6.42 Å². The number of benzene rings is 2. The van der Waals surface area contributed by atoms with Crippen LogP contribution in [0.1, 0.15) is 5.56 Å². The maximum absolute atomic E-state index is 12.5. The van der Waals surface area contributed by atoms with Crippen molar-refractivity contribution >= 4 is 28.6 Å². The zero-order valence-electron chi connectivity index (χ0n) is 15.0. The SMILES string of the molecule is O=c1[nH]c(N2CC(Cc3ccc(Cl)cc3)C2)nc2c1cnn2-c1ccccc1. The molecule has 0 radical (unpaired) electrons. The molecule has 1 aliphatic heterocycles. The first-order valence-corrected chi connectivity index (χ1v) is 9.58. The second kappa shape index (κ2) is 6.80. The van der Waals surface area contributed by atoms with Gasteiger partial charge in [0.1, 0.15) is 5.39 Å². The Morgan fingerprint density at radius 3 is 2.57 bits per heavy atom. The van der Waals surface area contributed by atoms with Gasteiger partial charge in [0.15, 0.2) is 5.65 Å². The first-order valence-electron chi connectivity index (χ1n) is 9.20. The highest BCUT2D eigenvalue weighted by atomic mass is 35.5. The van der Waals surface area contributed by atoms with Crippen molar-refractivity contribution < 1.29 is 0 Å². The highest BCUT2D eigenvalue weighted by molar-refractivity contribution is 6.30. The number of fused-ring (bicyclic) bond motifs is 1. The summed E-state index contributed by atoms with van der Waals surface area (Å²) in [4.78, 5) is 22.2. The molecule has 0 saturated carbocycles. The van der Waals surface area contributed by atoms with E-state index in [1.54, 1.807) is 10.9 Å². The fourth-order valence-electron chi connectivity index (χ4n) is 3.64. The van der Waals surface area contributed by atoms with Crippen molar-refractivity contribution in [2.75, 3.05) is 18.0 Å². The summed E-state index contributed by atoms with van der Waals surface area (Å²) in [6.07, 6.45) is 2.56. The van der Waals surface area contributed by atoms with Gasteiger partial charge < -0.3 is 4.90 Å². The van der Waals surface area contributed by atoms with Gasteiger partial charge in [-0.2, -0.15) is 10.1 Å². The van der Waals surface area contributed by atoms with Crippen LogP contribution in [0, 0.1) is 5.92 Å². The highest BCUT2D eigenvalue weighted by Gasteiger charge is 2.29. The zero-order valence-corrected chi connectivity index (χ0v) is 15.8. The molecular weight excluding hydrogens is 374 g/mol. The topological polar surface area (TPSA) is 66.8 Å². The Bertz CT molecular complexity index is 1180. The molecule has 0 aliphatic carbocycles. The number of rotatable bonds is 4. The van der Waals surface area contributed by atoms with Crippen molar-refractivity contribution in [1.82, 2.24) is 19.7 Å². The van der Waals surface area contributed by atoms with E-state index in [0.29, 0.717) is 22.9 Å². The molecule has 6 nitrogen and oxygen atoms in total. The summed E-state index contributed by atoms with van der Waals surface area (Å²) >= 11 is 5.95. The molecule has 0 spiro atoms. The standard InChI is InChI=1S/C21H18ClN5O/c22-16-8-6-14(7-9-16)10-15-12-26(13-15)21-24-19-18(20(28)25-21)11-23-27(19)17-4-2-1-3-5-17/h1-9,11,15H,10,12-13H2,(H,24,25,28). The number of hydrogen-bond donors (Lipinski definition) is 1. The van der Waals surface area contributed by atoms with Gasteiger partial charge in [0.05, 0.1) is 11.9 Å². The van der Waals surface area contributed by atoms with Crippen molar-refractivity contribution in [1.29, 1.82) is 0 Å². The summed E-state index contributed by atoms with van der Waals surface area (Å²) in [7, 11) is 0. The Morgan fingerprint density at radius 2 is 1.82 bits per heavy atom. The van der Waals surface area contributed by atoms with Gasteiger partial charge in [-0.15, -0.1) is 0 Å². The van der Waals surface area contributed by atoms with Crippen LogP contribution in [0.25, 0.3) is 16.7 Å². The Hall–Kier alpha value is -3.12. The van der Waals surface area contributed by atoms with E-state index in [2.05, 4.69) is 27.1 Å². The van der Waals surface area contributed by atoms with E-state index in [0.717, 1.165) is 30.2 Å². The number of anilines is 1. The lowest BCUT2D eigenvalue weighted by atomic mass is 9.92. The van der Waals surface area contributed by atoms with Crippen molar-refractivity contribution in [3.8, 4) is 5.69 Å². The van der Waals surface area contributed by atoms with Gasteiger partial charge >= 0.3 is 0 Å². The lowest BCUT2D eigenvalue weighted by molar-refractivity contribution is 0.401. The summed E-state index contributed by atoms with van der Waals surface area (Å²) in [5, 5.41) is 5.60. The van der Waals surface area contributed by atoms with Crippen LogP contribution in [0.3, 0.4) is 0 Å². The number of halogens is 1. The summed E-state index contributed by atoms with van der Waals surface area (Å²) in [5.41, 5.74) is 2.56. The average Bonchev–Trinajstić information content (AvgIpc) is 3.11. The molecule has 1 fully saturated rings. The Morgan fingerprint density at radius 1 is 1.07 bits per heavy atom. The van der Waals surface area contributed by atoms with Crippen molar-refractivity contribution in [2.24, 2.45) is 5.92 Å². The van der Waals surface area contributed by atoms with Gasteiger partial charge in [-0.1, -0.05) is 41.9 Å². The van der Waals surface area contributed by atoms with Gasteiger partial charge in [0.2, 0.25) is 5.95 Å². The molecule has 7 heteroatoms. The third-order valence-electron chi connectivity index (χ3n) is 5.12. The molecule has 3 heterocycles. The largest absolute Gasteiger partial charge is 0.342 e. The highest BCUT2D eigenvalue weighted by Crippen LogP contribution is 2.25. The molecule has 2 aromatic heterocycles. The second-order valence-electron chi connectivity index (χ2n) is 7.12. The van der Waals surface area contributed by atoms with Gasteiger partial charge in [0.25, 0.3) is 5.56 Å². The minimum absolute atomic E-state index is 0.164. The zero-order chi connectivity index (χ0) is 19.1. The van der Waals surface area contributed by atoms with E-state index in [-0.39, 0.29) is 5.56 Å². The number of H-pyrrole nitrogens is 1. The molecule has 0 unspecified atom stereocenters. The lowest BCUT2D eigenvalue weighted by Crippen LogP contribution is -2.49. The fraction of sp³-hybridized carbons (Fsp3) is 0.190. The number of aromatic amines is 1. The second-order valence-corrected chi connectivity index (χ2v) is 7.56. The third-order valence-corrected chi connectivity index (χ3v) is 5.37. The maximum Gasteiger partial charge on any atom is 0.263 e. The van der Waals surface area contributed by atoms with Crippen LogP contribution in [-0.2, 0) is 6.42 Å².